The van der Waals surface area contributed by atoms with Crippen molar-refractivity contribution in [3.05, 3.63) is 93.0 Å². The van der Waals surface area contributed by atoms with Crippen molar-refractivity contribution in [3.8, 4) is 11.5 Å². The number of carbonyl (C=O) groups excluding carboxylic acids is 3. The van der Waals surface area contributed by atoms with E-state index in [1.54, 1.807) is 30.3 Å². The number of barbiturate groups is 1. The summed E-state index contributed by atoms with van der Waals surface area (Å²) in [6.45, 7) is 6.46. The van der Waals surface area contributed by atoms with Crippen LogP contribution >= 0.6 is 15.9 Å². The molecule has 1 saturated heterocycles. The predicted molar refractivity (Wildman–Crippen MR) is 141 cm³/mol. The normalized spacial score (nSPS) is 14.7. The molecule has 1 aliphatic rings. The van der Waals surface area contributed by atoms with Crippen molar-refractivity contribution >= 4 is 45.5 Å². The third-order valence-corrected chi connectivity index (χ3v) is 6.10. The Bertz CT molecular complexity index is 1360. The minimum absolute atomic E-state index is 0.168. The molecule has 0 aliphatic carbocycles. The van der Waals surface area contributed by atoms with Crippen LogP contribution in [0, 0.1) is 13.8 Å². The summed E-state index contributed by atoms with van der Waals surface area (Å²) >= 11 is 3.53. The van der Waals surface area contributed by atoms with Crippen molar-refractivity contribution in [2.24, 2.45) is 0 Å². The molecule has 1 aliphatic heterocycles. The zero-order chi connectivity index (χ0) is 25.8. The second kappa shape index (κ2) is 10.8. The Balaban J connectivity index is 1.66. The summed E-state index contributed by atoms with van der Waals surface area (Å²) < 4.78 is 12.4. The van der Waals surface area contributed by atoms with Gasteiger partial charge in [-0.25, -0.2) is 9.69 Å². The first-order valence-electron chi connectivity index (χ1n) is 11.4. The molecular weight excluding hydrogens is 524 g/mol. The molecule has 8 heteroatoms. The minimum Gasteiger partial charge on any atom is -0.490 e. The van der Waals surface area contributed by atoms with Crippen LogP contribution in [0.2, 0.25) is 0 Å². The average Bonchev–Trinajstić information content (AvgIpc) is 2.82. The number of hydrogen-bond acceptors (Lipinski definition) is 5. The highest BCUT2D eigenvalue weighted by Crippen LogP contribution is 2.38. The third kappa shape index (κ3) is 5.49. The number of ether oxygens (including phenoxy) is 2. The quantitative estimate of drug-likeness (QED) is 0.302. The molecule has 4 rings (SSSR count). The fraction of sp³-hybridized carbons (Fsp3) is 0.179. The van der Waals surface area contributed by atoms with Gasteiger partial charge >= 0.3 is 6.03 Å². The molecule has 0 bridgehead atoms. The van der Waals surface area contributed by atoms with Gasteiger partial charge in [0.2, 0.25) is 0 Å². The van der Waals surface area contributed by atoms with E-state index in [0.717, 1.165) is 21.6 Å². The lowest BCUT2D eigenvalue weighted by Gasteiger charge is -2.26. The van der Waals surface area contributed by atoms with Crippen molar-refractivity contribution in [3.63, 3.8) is 0 Å². The number of hydrogen-bond donors (Lipinski definition) is 1. The largest absolute Gasteiger partial charge is 0.490 e. The van der Waals surface area contributed by atoms with Crippen LogP contribution < -0.4 is 19.7 Å². The summed E-state index contributed by atoms with van der Waals surface area (Å²) in [5, 5.41) is 2.25. The maximum atomic E-state index is 13.2. The lowest BCUT2D eigenvalue weighted by atomic mass is 10.1. The Kier molecular flexibility index (Phi) is 7.55. The molecule has 1 heterocycles. The molecule has 7 nitrogen and oxygen atoms in total. The van der Waals surface area contributed by atoms with E-state index in [1.807, 2.05) is 51.1 Å². The van der Waals surface area contributed by atoms with Crippen LogP contribution in [0.1, 0.15) is 29.2 Å². The molecule has 0 radical (unpaired) electrons. The van der Waals surface area contributed by atoms with Crippen molar-refractivity contribution in [1.82, 2.24) is 5.32 Å². The highest BCUT2D eigenvalue weighted by molar-refractivity contribution is 9.10. The van der Waals surface area contributed by atoms with E-state index in [0.29, 0.717) is 40.4 Å². The molecule has 4 amide bonds. The Labute approximate surface area is 217 Å². The van der Waals surface area contributed by atoms with Crippen LogP contribution in [-0.2, 0) is 16.2 Å². The van der Waals surface area contributed by atoms with Gasteiger partial charge < -0.3 is 9.47 Å². The third-order valence-electron chi connectivity index (χ3n) is 5.51. The predicted octanol–water partition coefficient (Wildman–Crippen LogP) is 5.71. The van der Waals surface area contributed by atoms with Gasteiger partial charge in [-0.05, 0) is 83.7 Å². The summed E-state index contributed by atoms with van der Waals surface area (Å²) in [6, 6.07) is 17.6. The van der Waals surface area contributed by atoms with Gasteiger partial charge in [-0.15, -0.1) is 0 Å². The standard InChI is InChI=1S/C28H25BrN2O5/c1-4-35-24-15-20(14-23(29)25(24)36-16-19-10-8-17(2)9-11-19)13-22-26(32)30-28(34)31(27(22)33)21-7-5-6-18(3)12-21/h5-15H,4,16H2,1-3H3,(H,30,32,34)/b22-13+. The van der Waals surface area contributed by atoms with Gasteiger partial charge in [-0.2, -0.15) is 0 Å². The SMILES string of the molecule is CCOc1cc(/C=C2\C(=O)NC(=O)N(c3cccc(C)c3)C2=O)cc(Br)c1OCc1ccc(C)cc1. The number of urea groups is 1. The lowest BCUT2D eigenvalue weighted by Crippen LogP contribution is -2.54. The molecule has 36 heavy (non-hydrogen) atoms. The number of amides is 4. The van der Waals surface area contributed by atoms with Crippen LogP contribution in [0.25, 0.3) is 6.08 Å². The number of halogens is 1. The number of aryl methyl sites for hydroxylation is 2. The van der Waals surface area contributed by atoms with Gasteiger partial charge in [-0.1, -0.05) is 42.0 Å². The van der Waals surface area contributed by atoms with Gasteiger partial charge in [0.1, 0.15) is 12.2 Å². The van der Waals surface area contributed by atoms with E-state index < -0.39 is 17.8 Å². The van der Waals surface area contributed by atoms with E-state index in [4.69, 9.17) is 9.47 Å². The minimum atomic E-state index is -0.788. The van der Waals surface area contributed by atoms with E-state index in [9.17, 15) is 14.4 Å². The second-order valence-corrected chi connectivity index (χ2v) is 9.19. The van der Waals surface area contributed by atoms with Crippen molar-refractivity contribution in [2.45, 2.75) is 27.4 Å². The van der Waals surface area contributed by atoms with Crippen LogP contribution in [0.5, 0.6) is 11.5 Å². The first-order chi connectivity index (χ1) is 17.3. The van der Waals surface area contributed by atoms with Crippen LogP contribution in [0.3, 0.4) is 0 Å². The van der Waals surface area contributed by atoms with E-state index in [1.165, 1.54) is 6.08 Å². The monoisotopic (exact) mass is 548 g/mol. The van der Waals surface area contributed by atoms with Crippen LogP contribution in [0.4, 0.5) is 10.5 Å². The molecule has 184 valence electrons. The number of nitrogens with zero attached hydrogens (tertiary/aromatic N) is 1. The molecule has 0 unspecified atom stereocenters. The maximum Gasteiger partial charge on any atom is 0.335 e. The van der Waals surface area contributed by atoms with Gasteiger partial charge in [-0.3, -0.25) is 14.9 Å². The molecule has 3 aromatic carbocycles. The first kappa shape index (κ1) is 25.2. The van der Waals surface area contributed by atoms with Gasteiger partial charge in [0.25, 0.3) is 11.8 Å². The molecular formula is C28H25BrN2O5. The fourth-order valence-corrected chi connectivity index (χ4v) is 4.31. The topological polar surface area (TPSA) is 84.9 Å². The summed E-state index contributed by atoms with van der Waals surface area (Å²) in [6.07, 6.45) is 1.43. The second-order valence-electron chi connectivity index (χ2n) is 8.33. The smallest absolute Gasteiger partial charge is 0.335 e. The Morgan fingerprint density at radius 2 is 1.69 bits per heavy atom. The summed E-state index contributed by atoms with van der Waals surface area (Å²) in [4.78, 5) is 39.2. The number of anilines is 1. The number of benzene rings is 3. The lowest BCUT2D eigenvalue weighted by molar-refractivity contribution is -0.122. The van der Waals surface area contributed by atoms with Gasteiger partial charge in [0, 0.05) is 0 Å². The fourth-order valence-electron chi connectivity index (χ4n) is 3.74. The molecule has 1 fully saturated rings. The molecule has 0 aromatic heterocycles. The first-order valence-corrected chi connectivity index (χ1v) is 12.2. The summed E-state index contributed by atoms with van der Waals surface area (Å²) in [7, 11) is 0. The molecule has 3 aromatic rings. The van der Waals surface area contributed by atoms with E-state index >= 15 is 0 Å². The van der Waals surface area contributed by atoms with Gasteiger partial charge in [0.15, 0.2) is 11.5 Å². The van der Waals surface area contributed by atoms with E-state index in [-0.39, 0.29) is 5.57 Å². The maximum absolute atomic E-state index is 13.2. The van der Waals surface area contributed by atoms with Crippen molar-refractivity contribution in [1.29, 1.82) is 0 Å². The molecule has 0 atom stereocenters. The Morgan fingerprint density at radius 3 is 2.39 bits per heavy atom. The van der Waals surface area contributed by atoms with Crippen LogP contribution in [-0.4, -0.2) is 24.5 Å². The number of imide groups is 2. The van der Waals surface area contributed by atoms with E-state index in [2.05, 4.69) is 21.2 Å². The summed E-state index contributed by atoms with van der Waals surface area (Å²) in [5.74, 6) is -0.498. The molecule has 0 saturated carbocycles. The van der Waals surface area contributed by atoms with Crippen LogP contribution in [0.15, 0.2) is 70.7 Å². The number of rotatable bonds is 7. The Hall–Kier alpha value is -3.91. The van der Waals surface area contributed by atoms with Crippen molar-refractivity contribution in [2.75, 3.05) is 11.5 Å². The van der Waals surface area contributed by atoms with Gasteiger partial charge in [0.05, 0.1) is 16.8 Å². The Morgan fingerprint density at radius 1 is 0.944 bits per heavy atom. The molecule has 1 N–H and O–H groups in total. The zero-order valence-electron chi connectivity index (χ0n) is 20.1. The summed E-state index contributed by atoms with van der Waals surface area (Å²) in [5.41, 5.74) is 3.79. The number of nitrogens with one attached hydrogen (secondary N) is 1. The molecule has 0 spiro atoms. The highest BCUT2D eigenvalue weighted by atomic mass is 79.9. The number of carbonyl (C=O) groups is 3. The zero-order valence-corrected chi connectivity index (χ0v) is 21.7. The van der Waals surface area contributed by atoms with Crippen molar-refractivity contribution < 1.29 is 23.9 Å². The highest BCUT2D eigenvalue weighted by Gasteiger charge is 2.36. The average molecular weight is 549 g/mol.